The Morgan fingerprint density at radius 2 is 1.81 bits per heavy atom. The third-order valence-electron chi connectivity index (χ3n) is 2.32. The van der Waals surface area contributed by atoms with Gasteiger partial charge in [0.2, 0.25) is 10.0 Å². The van der Waals surface area contributed by atoms with Crippen molar-refractivity contribution in [3.8, 4) is 0 Å². The SMILES string of the molecule is CCCN(C)S(=O)(=O)c1ccc(CBr)cc1. The van der Waals surface area contributed by atoms with Crippen molar-refractivity contribution in [2.24, 2.45) is 0 Å². The molecule has 0 saturated carbocycles. The first-order chi connectivity index (χ1) is 7.52. The zero-order valence-electron chi connectivity index (χ0n) is 9.48. The third kappa shape index (κ3) is 3.06. The lowest BCUT2D eigenvalue weighted by atomic mass is 10.2. The molecular weight excluding hydrogens is 290 g/mol. The Bertz CT molecular complexity index is 428. The molecule has 0 fully saturated rings. The zero-order chi connectivity index (χ0) is 12.2. The molecule has 0 amide bonds. The molecule has 0 spiro atoms. The Balaban J connectivity index is 2.98. The van der Waals surface area contributed by atoms with E-state index >= 15 is 0 Å². The molecular formula is C11H16BrNO2S. The Kier molecular flexibility index (Phi) is 4.95. The van der Waals surface area contributed by atoms with Crippen LogP contribution in [0, 0.1) is 0 Å². The van der Waals surface area contributed by atoms with Gasteiger partial charge in [0.15, 0.2) is 0 Å². The van der Waals surface area contributed by atoms with E-state index in [1.165, 1.54) is 4.31 Å². The molecule has 0 aliphatic heterocycles. The van der Waals surface area contributed by atoms with Gasteiger partial charge in [-0.1, -0.05) is 35.0 Å². The molecule has 1 rings (SSSR count). The lowest BCUT2D eigenvalue weighted by molar-refractivity contribution is 0.468. The fourth-order valence-electron chi connectivity index (χ4n) is 1.37. The van der Waals surface area contributed by atoms with Gasteiger partial charge < -0.3 is 0 Å². The molecule has 0 aliphatic carbocycles. The van der Waals surface area contributed by atoms with Gasteiger partial charge in [0.25, 0.3) is 0 Å². The second kappa shape index (κ2) is 5.80. The van der Waals surface area contributed by atoms with Gasteiger partial charge in [-0.25, -0.2) is 12.7 Å². The molecule has 0 saturated heterocycles. The van der Waals surface area contributed by atoms with Gasteiger partial charge in [0, 0.05) is 18.9 Å². The standard InChI is InChI=1S/C11H16BrNO2S/c1-3-8-13(2)16(14,15)11-6-4-10(9-12)5-7-11/h4-7H,3,8-9H2,1-2H3. The lowest BCUT2D eigenvalue weighted by Crippen LogP contribution is -2.27. The Morgan fingerprint density at radius 1 is 1.25 bits per heavy atom. The average Bonchev–Trinajstić information content (AvgIpc) is 2.29. The van der Waals surface area contributed by atoms with Crippen LogP contribution in [0.3, 0.4) is 0 Å². The molecule has 0 aromatic heterocycles. The minimum absolute atomic E-state index is 0.355. The van der Waals surface area contributed by atoms with Gasteiger partial charge >= 0.3 is 0 Å². The summed E-state index contributed by atoms with van der Waals surface area (Å²) >= 11 is 3.33. The fraction of sp³-hybridized carbons (Fsp3) is 0.455. The van der Waals surface area contributed by atoms with Gasteiger partial charge in [0.05, 0.1) is 4.90 Å². The van der Waals surface area contributed by atoms with Crippen molar-refractivity contribution in [3.05, 3.63) is 29.8 Å². The molecule has 0 unspecified atom stereocenters. The fourth-order valence-corrected chi connectivity index (χ4v) is 3.00. The van der Waals surface area contributed by atoms with E-state index in [-0.39, 0.29) is 0 Å². The van der Waals surface area contributed by atoms with Crippen LogP contribution >= 0.6 is 15.9 Å². The molecule has 3 nitrogen and oxygen atoms in total. The van der Waals surface area contributed by atoms with Crippen LogP contribution in [0.4, 0.5) is 0 Å². The quantitative estimate of drug-likeness (QED) is 0.784. The lowest BCUT2D eigenvalue weighted by Gasteiger charge is -2.16. The van der Waals surface area contributed by atoms with Crippen LogP contribution in [0.25, 0.3) is 0 Å². The molecule has 16 heavy (non-hydrogen) atoms. The second-order valence-electron chi connectivity index (χ2n) is 3.60. The van der Waals surface area contributed by atoms with E-state index < -0.39 is 10.0 Å². The van der Waals surface area contributed by atoms with E-state index in [2.05, 4.69) is 15.9 Å². The van der Waals surface area contributed by atoms with Gasteiger partial charge in [-0.15, -0.1) is 0 Å². The van der Waals surface area contributed by atoms with Crippen molar-refractivity contribution < 1.29 is 8.42 Å². The molecule has 0 atom stereocenters. The van der Waals surface area contributed by atoms with Crippen LogP contribution in [0.5, 0.6) is 0 Å². The van der Waals surface area contributed by atoms with Gasteiger partial charge in [-0.05, 0) is 24.1 Å². The number of alkyl halides is 1. The van der Waals surface area contributed by atoms with Crippen LogP contribution in [-0.4, -0.2) is 26.3 Å². The van der Waals surface area contributed by atoms with E-state index in [0.717, 1.165) is 17.3 Å². The molecule has 1 aromatic carbocycles. The molecule has 0 heterocycles. The van der Waals surface area contributed by atoms with Crippen LogP contribution in [0.2, 0.25) is 0 Å². The van der Waals surface area contributed by atoms with Crippen LogP contribution in [0.1, 0.15) is 18.9 Å². The highest BCUT2D eigenvalue weighted by molar-refractivity contribution is 9.08. The topological polar surface area (TPSA) is 37.4 Å². The number of nitrogens with zero attached hydrogens (tertiary/aromatic N) is 1. The van der Waals surface area contributed by atoms with Gasteiger partial charge in [-0.2, -0.15) is 0 Å². The monoisotopic (exact) mass is 305 g/mol. The molecule has 1 aromatic rings. The summed E-state index contributed by atoms with van der Waals surface area (Å²) in [6.45, 7) is 2.50. The summed E-state index contributed by atoms with van der Waals surface area (Å²) in [6, 6.07) is 6.94. The molecule has 0 N–H and O–H groups in total. The highest BCUT2D eigenvalue weighted by Crippen LogP contribution is 2.16. The molecule has 0 bridgehead atoms. The summed E-state index contributed by atoms with van der Waals surface area (Å²) in [6.07, 6.45) is 0.815. The number of hydrogen-bond donors (Lipinski definition) is 0. The van der Waals surface area contributed by atoms with Crippen molar-refractivity contribution in [1.29, 1.82) is 0 Å². The predicted molar refractivity (Wildman–Crippen MR) is 69.2 cm³/mol. The first kappa shape index (κ1) is 13.7. The van der Waals surface area contributed by atoms with E-state index in [1.54, 1.807) is 19.2 Å². The predicted octanol–water partition coefficient (Wildman–Crippen LogP) is 2.61. The summed E-state index contributed by atoms with van der Waals surface area (Å²) in [5.74, 6) is 0. The average molecular weight is 306 g/mol. The molecule has 0 radical (unpaired) electrons. The number of halogens is 1. The Morgan fingerprint density at radius 3 is 2.25 bits per heavy atom. The van der Waals surface area contributed by atoms with Crippen molar-refractivity contribution in [2.75, 3.05) is 13.6 Å². The van der Waals surface area contributed by atoms with Crippen LogP contribution < -0.4 is 0 Å². The first-order valence-corrected chi connectivity index (χ1v) is 7.69. The van der Waals surface area contributed by atoms with Crippen molar-refractivity contribution >= 4 is 26.0 Å². The van der Waals surface area contributed by atoms with Gasteiger partial charge in [-0.3, -0.25) is 0 Å². The third-order valence-corrected chi connectivity index (χ3v) is 4.84. The smallest absolute Gasteiger partial charge is 0.207 e. The summed E-state index contributed by atoms with van der Waals surface area (Å²) in [5.41, 5.74) is 1.07. The largest absolute Gasteiger partial charge is 0.242 e. The molecule has 90 valence electrons. The Hall–Kier alpha value is -0.390. The normalized spacial score (nSPS) is 12.0. The van der Waals surface area contributed by atoms with Crippen LogP contribution in [-0.2, 0) is 15.4 Å². The van der Waals surface area contributed by atoms with E-state index in [0.29, 0.717) is 11.4 Å². The Labute approximate surface area is 106 Å². The van der Waals surface area contributed by atoms with Crippen molar-refractivity contribution in [2.45, 2.75) is 23.6 Å². The van der Waals surface area contributed by atoms with Crippen molar-refractivity contribution in [1.82, 2.24) is 4.31 Å². The van der Waals surface area contributed by atoms with Crippen LogP contribution in [0.15, 0.2) is 29.2 Å². The minimum atomic E-state index is -3.31. The maximum Gasteiger partial charge on any atom is 0.242 e. The number of sulfonamides is 1. The summed E-state index contributed by atoms with van der Waals surface area (Å²) in [4.78, 5) is 0.355. The zero-order valence-corrected chi connectivity index (χ0v) is 11.9. The van der Waals surface area contributed by atoms with Gasteiger partial charge in [0.1, 0.15) is 0 Å². The summed E-state index contributed by atoms with van der Waals surface area (Å²) in [5, 5.41) is 0.734. The second-order valence-corrected chi connectivity index (χ2v) is 6.21. The maximum absolute atomic E-state index is 12.0. The summed E-state index contributed by atoms with van der Waals surface area (Å²) < 4.78 is 25.5. The van der Waals surface area contributed by atoms with E-state index in [1.807, 2.05) is 19.1 Å². The number of rotatable bonds is 5. The maximum atomic E-state index is 12.0. The van der Waals surface area contributed by atoms with Crippen molar-refractivity contribution in [3.63, 3.8) is 0 Å². The molecule has 0 aliphatic rings. The van der Waals surface area contributed by atoms with E-state index in [4.69, 9.17) is 0 Å². The number of hydrogen-bond acceptors (Lipinski definition) is 2. The first-order valence-electron chi connectivity index (χ1n) is 5.13. The summed E-state index contributed by atoms with van der Waals surface area (Å²) in [7, 11) is -1.70. The highest BCUT2D eigenvalue weighted by Gasteiger charge is 2.19. The van der Waals surface area contributed by atoms with E-state index in [9.17, 15) is 8.42 Å². The minimum Gasteiger partial charge on any atom is -0.207 e. The highest BCUT2D eigenvalue weighted by atomic mass is 79.9. The number of benzene rings is 1. The molecule has 5 heteroatoms.